The predicted octanol–water partition coefficient (Wildman–Crippen LogP) is 0.794. The zero-order chi connectivity index (χ0) is 8.20. The highest BCUT2D eigenvalue weighted by Crippen LogP contribution is 2.15. The van der Waals surface area contributed by atoms with Crippen LogP contribution in [0.4, 0.5) is 18.0 Å². The van der Waals surface area contributed by atoms with Gasteiger partial charge in [-0.1, -0.05) is 0 Å². The van der Waals surface area contributed by atoms with Gasteiger partial charge in [0.05, 0.1) is 7.11 Å². The van der Waals surface area contributed by atoms with E-state index in [1.807, 2.05) is 0 Å². The first kappa shape index (κ1) is 9.02. The Labute approximate surface area is 53.9 Å². The third-order valence-electron chi connectivity index (χ3n) is 0.394. The highest BCUT2D eigenvalue weighted by atomic mass is 19.4. The number of alkyl halides is 3. The maximum Gasteiger partial charge on any atom is 0.576 e. The summed E-state index contributed by atoms with van der Waals surface area (Å²) in [6, 6.07) is 0. The molecule has 0 aromatic rings. The van der Waals surface area contributed by atoms with Crippen LogP contribution in [0.3, 0.4) is 0 Å². The number of halogens is 3. The van der Waals surface area contributed by atoms with Crippen molar-refractivity contribution >= 4 is 6.09 Å². The first-order valence-electron chi connectivity index (χ1n) is 2.04. The lowest BCUT2D eigenvalue weighted by atomic mass is 11.2. The van der Waals surface area contributed by atoms with Crippen molar-refractivity contribution < 1.29 is 27.5 Å². The summed E-state index contributed by atoms with van der Waals surface area (Å²) in [5.74, 6) is 0. The monoisotopic (exact) mass is 159 g/mol. The van der Waals surface area contributed by atoms with Crippen LogP contribution in [0.1, 0.15) is 0 Å². The second-order valence-corrected chi connectivity index (χ2v) is 1.14. The van der Waals surface area contributed by atoms with Crippen LogP contribution in [0.25, 0.3) is 0 Å². The molecule has 0 aromatic carbocycles. The molecule has 0 radical (unpaired) electrons. The van der Waals surface area contributed by atoms with Crippen LogP contribution in [-0.4, -0.2) is 19.6 Å². The van der Waals surface area contributed by atoms with Crippen LogP contribution in [0.15, 0.2) is 0 Å². The molecule has 0 saturated carbocycles. The summed E-state index contributed by atoms with van der Waals surface area (Å²) in [6.07, 6.45) is -6.67. The Morgan fingerprint density at radius 3 is 2.30 bits per heavy atom. The fraction of sp³-hybridized carbons (Fsp3) is 0.667. The van der Waals surface area contributed by atoms with Crippen molar-refractivity contribution in [3.63, 3.8) is 0 Å². The van der Waals surface area contributed by atoms with Crippen LogP contribution >= 0.6 is 0 Å². The van der Waals surface area contributed by atoms with Gasteiger partial charge >= 0.3 is 12.5 Å². The van der Waals surface area contributed by atoms with Gasteiger partial charge in [0.2, 0.25) is 0 Å². The number of hydroxylamine groups is 1. The number of hydrogen-bond acceptors (Lipinski definition) is 3. The van der Waals surface area contributed by atoms with Crippen molar-refractivity contribution in [2.75, 3.05) is 7.11 Å². The second kappa shape index (κ2) is 3.25. The molecule has 0 aromatic heterocycles. The van der Waals surface area contributed by atoms with Crippen molar-refractivity contribution in [1.82, 2.24) is 5.48 Å². The van der Waals surface area contributed by atoms with E-state index in [4.69, 9.17) is 0 Å². The third-order valence-corrected chi connectivity index (χ3v) is 0.394. The topological polar surface area (TPSA) is 47.6 Å². The molecule has 1 N–H and O–H groups in total. The Morgan fingerprint density at radius 1 is 1.50 bits per heavy atom. The molecule has 10 heavy (non-hydrogen) atoms. The maximum absolute atomic E-state index is 11.1. The molecule has 0 spiro atoms. The van der Waals surface area contributed by atoms with E-state index in [0.717, 1.165) is 7.11 Å². The number of hydrogen-bond donors (Lipinski definition) is 1. The molecule has 0 atom stereocenters. The van der Waals surface area contributed by atoms with E-state index >= 15 is 0 Å². The number of nitrogens with one attached hydrogen (secondary N) is 1. The summed E-state index contributed by atoms with van der Waals surface area (Å²) < 4.78 is 36.1. The van der Waals surface area contributed by atoms with Gasteiger partial charge in [0.1, 0.15) is 0 Å². The van der Waals surface area contributed by atoms with E-state index in [2.05, 4.69) is 9.57 Å². The molecule has 0 aliphatic heterocycles. The van der Waals surface area contributed by atoms with Crippen LogP contribution in [0.5, 0.6) is 0 Å². The summed E-state index contributed by atoms with van der Waals surface area (Å²) in [6.45, 7) is 0. The fourth-order valence-electron chi connectivity index (χ4n) is 0.209. The minimum atomic E-state index is -4.97. The smallest absolute Gasteiger partial charge is 0.354 e. The largest absolute Gasteiger partial charge is 0.576 e. The Morgan fingerprint density at radius 2 is 2.00 bits per heavy atom. The molecule has 60 valence electrons. The predicted molar refractivity (Wildman–Crippen MR) is 22.7 cm³/mol. The van der Waals surface area contributed by atoms with Gasteiger partial charge in [0.25, 0.3) is 0 Å². The Kier molecular flexibility index (Phi) is 2.94. The quantitative estimate of drug-likeness (QED) is 0.575. The van der Waals surface area contributed by atoms with Gasteiger partial charge in [-0.3, -0.25) is 4.84 Å². The van der Waals surface area contributed by atoms with E-state index in [9.17, 15) is 18.0 Å². The molecule has 7 heteroatoms. The average molecular weight is 159 g/mol. The number of rotatable bonds is 1. The van der Waals surface area contributed by atoms with Crippen molar-refractivity contribution in [3.8, 4) is 0 Å². The zero-order valence-corrected chi connectivity index (χ0v) is 4.86. The van der Waals surface area contributed by atoms with Gasteiger partial charge in [-0.25, -0.2) is 4.79 Å². The first-order valence-corrected chi connectivity index (χ1v) is 2.04. The maximum atomic E-state index is 11.1. The lowest BCUT2D eigenvalue weighted by molar-refractivity contribution is -0.293. The first-order chi connectivity index (χ1) is 4.45. The van der Waals surface area contributed by atoms with Crippen LogP contribution in [0.2, 0.25) is 0 Å². The van der Waals surface area contributed by atoms with Gasteiger partial charge < -0.3 is 4.74 Å². The number of amides is 1. The zero-order valence-electron chi connectivity index (χ0n) is 4.86. The summed E-state index contributed by atoms with van der Waals surface area (Å²) in [4.78, 5) is 13.7. The van der Waals surface area contributed by atoms with Gasteiger partial charge in [0.15, 0.2) is 0 Å². The summed E-state index contributed by atoms with van der Waals surface area (Å²) in [5, 5.41) is 0. The van der Waals surface area contributed by atoms with Crippen molar-refractivity contribution in [1.29, 1.82) is 0 Å². The van der Waals surface area contributed by atoms with E-state index in [-0.39, 0.29) is 0 Å². The van der Waals surface area contributed by atoms with Crippen LogP contribution in [-0.2, 0) is 9.57 Å². The molecule has 0 bridgehead atoms. The molecule has 1 amide bonds. The average Bonchev–Trinajstić information content (AvgIpc) is 1.59. The lowest BCUT2D eigenvalue weighted by Gasteiger charge is -2.05. The van der Waals surface area contributed by atoms with E-state index in [1.165, 1.54) is 5.48 Å². The number of ether oxygens (including phenoxy) is 1. The second-order valence-electron chi connectivity index (χ2n) is 1.14. The molecular formula is C3H4F3NO3. The van der Waals surface area contributed by atoms with Gasteiger partial charge in [-0.2, -0.15) is 5.48 Å². The minimum Gasteiger partial charge on any atom is -0.354 e. The van der Waals surface area contributed by atoms with Crippen molar-refractivity contribution in [2.24, 2.45) is 0 Å². The lowest BCUT2D eigenvalue weighted by Crippen LogP contribution is -2.29. The highest BCUT2D eigenvalue weighted by molar-refractivity contribution is 5.65. The van der Waals surface area contributed by atoms with E-state index < -0.39 is 12.5 Å². The molecule has 0 unspecified atom stereocenters. The summed E-state index contributed by atoms with van der Waals surface area (Å²) in [7, 11) is 0.984. The molecular weight excluding hydrogens is 155 g/mol. The normalized spacial score (nSPS) is 10.8. The van der Waals surface area contributed by atoms with E-state index in [0.29, 0.717) is 0 Å². The minimum absolute atomic E-state index is 0.984. The van der Waals surface area contributed by atoms with E-state index in [1.54, 1.807) is 0 Å². The molecule has 0 heterocycles. The molecule has 0 aliphatic carbocycles. The van der Waals surface area contributed by atoms with Crippen LogP contribution < -0.4 is 5.48 Å². The molecule has 4 nitrogen and oxygen atoms in total. The Bertz CT molecular complexity index is 123. The summed E-state index contributed by atoms with van der Waals surface area (Å²) in [5.41, 5.74) is 1.32. The van der Waals surface area contributed by atoms with Crippen molar-refractivity contribution in [3.05, 3.63) is 0 Å². The third kappa shape index (κ3) is 5.16. The molecule has 0 saturated heterocycles. The van der Waals surface area contributed by atoms with Crippen molar-refractivity contribution in [2.45, 2.75) is 6.36 Å². The Hall–Kier alpha value is -0.980. The number of carbonyl (C=O) groups is 1. The fourth-order valence-corrected chi connectivity index (χ4v) is 0.209. The molecule has 0 rings (SSSR count). The summed E-state index contributed by atoms with van der Waals surface area (Å²) >= 11 is 0. The Balaban J connectivity index is 3.58. The van der Waals surface area contributed by atoms with Gasteiger partial charge in [-0.05, 0) is 0 Å². The SMILES string of the molecule is CONC(=O)OC(F)(F)F. The van der Waals surface area contributed by atoms with Crippen LogP contribution in [0, 0.1) is 0 Å². The molecule has 0 fully saturated rings. The standard InChI is InChI=1S/C3H4F3NO3/c1-9-7-2(8)10-3(4,5)6/h1H3,(H,7,8). The highest BCUT2D eigenvalue weighted by Gasteiger charge is 2.33. The molecule has 0 aliphatic rings. The number of carbonyl (C=O) groups excluding carboxylic acids is 1. The van der Waals surface area contributed by atoms with Gasteiger partial charge in [-0.15, -0.1) is 13.2 Å². The van der Waals surface area contributed by atoms with Gasteiger partial charge in [0, 0.05) is 0 Å².